The van der Waals surface area contributed by atoms with Crippen LogP contribution in [0, 0.1) is 0 Å². The van der Waals surface area contributed by atoms with Crippen LogP contribution in [0.15, 0.2) is 48.5 Å². The van der Waals surface area contributed by atoms with Crippen molar-refractivity contribution in [2.24, 2.45) is 0 Å². The summed E-state index contributed by atoms with van der Waals surface area (Å²) in [5.41, 5.74) is 2.29. The lowest BCUT2D eigenvalue weighted by Crippen LogP contribution is -2.25. The van der Waals surface area contributed by atoms with E-state index < -0.39 is 0 Å². The molecule has 0 unspecified atom stereocenters. The molecule has 5 heteroatoms. The van der Waals surface area contributed by atoms with Crippen molar-refractivity contribution in [1.29, 1.82) is 0 Å². The molecule has 5 nitrogen and oxygen atoms in total. The molecule has 0 spiro atoms. The van der Waals surface area contributed by atoms with Gasteiger partial charge in [0.25, 0.3) is 0 Å². The summed E-state index contributed by atoms with van der Waals surface area (Å²) in [6.07, 6.45) is 4.14. The number of aromatic hydroxyl groups is 1. The van der Waals surface area contributed by atoms with Gasteiger partial charge in [-0.25, -0.2) is 0 Å². The number of carbonyl (C=O) groups excluding carboxylic acids is 1. The van der Waals surface area contributed by atoms with Crippen molar-refractivity contribution in [3.05, 3.63) is 59.7 Å². The number of benzene rings is 2. The SMILES string of the molecule is CCN(CC)CCCOc1ccc(C(=O)/C=C/c2ccc(N(C)C)cc2)c(O)c1. The van der Waals surface area contributed by atoms with E-state index in [1.165, 1.54) is 12.1 Å². The fraction of sp³-hybridized carbons (Fsp3) is 0.375. The predicted molar refractivity (Wildman–Crippen MR) is 120 cm³/mol. The van der Waals surface area contributed by atoms with Gasteiger partial charge in [0, 0.05) is 32.4 Å². The molecule has 0 heterocycles. The third-order valence-electron chi connectivity index (χ3n) is 4.85. The highest BCUT2D eigenvalue weighted by Crippen LogP contribution is 2.25. The minimum atomic E-state index is -0.243. The highest BCUT2D eigenvalue weighted by Gasteiger charge is 2.10. The molecule has 0 amide bonds. The van der Waals surface area contributed by atoms with Crippen LogP contribution >= 0.6 is 0 Å². The van der Waals surface area contributed by atoms with E-state index in [9.17, 15) is 9.90 Å². The molecule has 0 aliphatic heterocycles. The van der Waals surface area contributed by atoms with E-state index in [1.54, 1.807) is 18.2 Å². The van der Waals surface area contributed by atoms with E-state index in [4.69, 9.17) is 4.74 Å². The molecule has 0 aliphatic rings. The van der Waals surface area contributed by atoms with Gasteiger partial charge in [0.2, 0.25) is 0 Å². The number of carbonyl (C=O) groups is 1. The first-order chi connectivity index (χ1) is 13.9. The molecule has 29 heavy (non-hydrogen) atoms. The van der Waals surface area contributed by atoms with Crippen molar-refractivity contribution in [1.82, 2.24) is 4.90 Å². The maximum atomic E-state index is 12.4. The van der Waals surface area contributed by atoms with Gasteiger partial charge in [-0.1, -0.05) is 32.1 Å². The Morgan fingerprint density at radius 3 is 2.34 bits per heavy atom. The zero-order valence-electron chi connectivity index (χ0n) is 17.9. The molecule has 0 radical (unpaired) electrons. The number of anilines is 1. The van der Waals surface area contributed by atoms with Crippen molar-refractivity contribution in [3.8, 4) is 11.5 Å². The quantitative estimate of drug-likeness (QED) is 0.345. The number of phenolic OH excluding ortho intramolecular Hbond substituents is 1. The first-order valence-corrected chi connectivity index (χ1v) is 10.1. The van der Waals surface area contributed by atoms with Gasteiger partial charge in [-0.3, -0.25) is 4.79 Å². The standard InChI is InChI=1S/C24H32N2O3/c1-5-26(6-2)16-7-17-29-21-13-14-22(24(28)18-21)23(27)15-10-19-8-11-20(12-9-19)25(3)4/h8-15,18,28H,5-7,16-17H2,1-4H3/b15-10+. The van der Waals surface area contributed by atoms with Crippen LogP contribution in [0.4, 0.5) is 5.69 Å². The molecule has 156 valence electrons. The third-order valence-corrected chi connectivity index (χ3v) is 4.85. The second-order valence-electron chi connectivity index (χ2n) is 7.09. The summed E-state index contributed by atoms with van der Waals surface area (Å²) in [4.78, 5) is 16.8. The molecule has 0 aliphatic carbocycles. The Bertz CT molecular complexity index is 809. The van der Waals surface area contributed by atoms with Gasteiger partial charge < -0.3 is 19.6 Å². The molecule has 0 fully saturated rings. The first kappa shape index (κ1) is 22.5. The summed E-state index contributed by atoms with van der Waals surface area (Å²) >= 11 is 0. The van der Waals surface area contributed by atoms with E-state index in [0.717, 1.165) is 37.3 Å². The molecular weight excluding hydrogens is 364 g/mol. The molecule has 0 bridgehead atoms. The number of hydrogen-bond donors (Lipinski definition) is 1. The maximum Gasteiger partial charge on any atom is 0.189 e. The van der Waals surface area contributed by atoms with Crippen LogP contribution in [-0.4, -0.2) is 56.1 Å². The molecule has 2 aromatic carbocycles. The van der Waals surface area contributed by atoms with Crippen molar-refractivity contribution in [2.75, 3.05) is 45.2 Å². The largest absolute Gasteiger partial charge is 0.507 e. The lowest BCUT2D eigenvalue weighted by Gasteiger charge is -2.17. The van der Waals surface area contributed by atoms with Crippen molar-refractivity contribution < 1.29 is 14.6 Å². The lowest BCUT2D eigenvalue weighted by atomic mass is 10.1. The molecule has 1 N–H and O–H groups in total. The molecule has 0 atom stereocenters. The summed E-state index contributed by atoms with van der Waals surface area (Å²) in [5.74, 6) is 0.262. The van der Waals surface area contributed by atoms with Crippen LogP contribution in [0.5, 0.6) is 11.5 Å². The fourth-order valence-electron chi connectivity index (χ4n) is 2.97. The second kappa shape index (κ2) is 11.3. The summed E-state index contributed by atoms with van der Waals surface area (Å²) in [6, 6.07) is 12.7. The average molecular weight is 397 g/mol. The predicted octanol–water partition coefficient (Wildman–Crippen LogP) is 4.47. The van der Waals surface area contributed by atoms with E-state index in [1.807, 2.05) is 43.3 Å². The summed E-state index contributed by atoms with van der Waals surface area (Å²) in [7, 11) is 3.96. The van der Waals surface area contributed by atoms with Crippen LogP contribution in [0.3, 0.4) is 0 Å². The smallest absolute Gasteiger partial charge is 0.189 e. The summed E-state index contributed by atoms with van der Waals surface area (Å²) in [6.45, 7) is 7.90. The Morgan fingerprint density at radius 1 is 1.07 bits per heavy atom. The van der Waals surface area contributed by atoms with Crippen molar-refractivity contribution >= 4 is 17.5 Å². The minimum Gasteiger partial charge on any atom is -0.507 e. The minimum absolute atomic E-state index is 0.0659. The van der Waals surface area contributed by atoms with Crippen LogP contribution in [0.2, 0.25) is 0 Å². The Hall–Kier alpha value is -2.79. The molecule has 2 rings (SSSR count). The van der Waals surface area contributed by atoms with Crippen LogP contribution in [0.1, 0.15) is 36.2 Å². The van der Waals surface area contributed by atoms with Gasteiger partial charge in [-0.2, -0.15) is 0 Å². The van der Waals surface area contributed by atoms with E-state index in [2.05, 4.69) is 18.7 Å². The zero-order chi connectivity index (χ0) is 21.2. The molecule has 0 saturated carbocycles. The number of allylic oxidation sites excluding steroid dienone is 1. The van der Waals surface area contributed by atoms with Crippen LogP contribution < -0.4 is 9.64 Å². The highest BCUT2D eigenvalue weighted by atomic mass is 16.5. The number of ketones is 1. The van der Waals surface area contributed by atoms with Gasteiger partial charge in [-0.15, -0.1) is 0 Å². The van der Waals surface area contributed by atoms with Gasteiger partial charge in [0.05, 0.1) is 12.2 Å². The monoisotopic (exact) mass is 396 g/mol. The highest BCUT2D eigenvalue weighted by molar-refractivity contribution is 6.08. The van der Waals surface area contributed by atoms with E-state index in [-0.39, 0.29) is 17.1 Å². The number of rotatable bonds is 11. The maximum absolute atomic E-state index is 12.4. The lowest BCUT2D eigenvalue weighted by molar-refractivity contribution is 0.104. The number of phenols is 1. The number of ether oxygens (including phenoxy) is 1. The normalized spacial score (nSPS) is 11.2. The average Bonchev–Trinajstić information content (AvgIpc) is 2.72. The molecular formula is C24H32N2O3. The Labute approximate surface area is 174 Å². The van der Waals surface area contributed by atoms with E-state index >= 15 is 0 Å². The first-order valence-electron chi connectivity index (χ1n) is 10.1. The van der Waals surface area contributed by atoms with E-state index in [0.29, 0.717) is 12.4 Å². The summed E-state index contributed by atoms with van der Waals surface area (Å²) in [5, 5.41) is 10.2. The second-order valence-corrected chi connectivity index (χ2v) is 7.09. The van der Waals surface area contributed by atoms with Crippen molar-refractivity contribution in [2.45, 2.75) is 20.3 Å². The van der Waals surface area contributed by atoms with Crippen molar-refractivity contribution in [3.63, 3.8) is 0 Å². The Morgan fingerprint density at radius 2 is 1.76 bits per heavy atom. The summed E-state index contributed by atoms with van der Waals surface area (Å²) < 4.78 is 5.70. The van der Waals surface area contributed by atoms with Gasteiger partial charge in [-0.05, 0) is 55.4 Å². The zero-order valence-corrected chi connectivity index (χ0v) is 17.9. The fourth-order valence-corrected chi connectivity index (χ4v) is 2.97. The van der Waals surface area contributed by atoms with Gasteiger partial charge in [0.1, 0.15) is 11.5 Å². The molecule has 0 aromatic heterocycles. The molecule has 2 aromatic rings. The van der Waals surface area contributed by atoms with Crippen LogP contribution in [-0.2, 0) is 0 Å². The van der Waals surface area contributed by atoms with Gasteiger partial charge in [0.15, 0.2) is 5.78 Å². The molecule has 0 saturated heterocycles. The topological polar surface area (TPSA) is 53.0 Å². The number of hydrogen-bond acceptors (Lipinski definition) is 5. The van der Waals surface area contributed by atoms with Crippen LogP contribution in [0.25, 0.3) is 6.08 Å². The Balaban J connectivity index is 1.92. The van der Waals surface area contributed by atoms with Gasteiger partial charge >= 0.3 is 0 Å². The third kappa shape index (κ3) is 6.95. The Kier molecular flexibility index (Phi) is 8.74. The number of nitrogens with zero attached hydrogens (tertiary/aromatic N) is 2.